The highest BCUT2D eigenvalue weighted by Crippen LogP contribution is 2.14. The molecule has 24 heavy (non-hydrogen) atoms. The van der Waals surface area contributed by atoms with Crippen LogP contribution in [0.5, 0.6) is 0 Å². The van der Waals surface area contributed by atoms with E-state index in [0.717, 1.165) is 22.7 Å². The molecule has 0 fully saturated rings. The first kappa shape index (κ1) is 15.8. The number of hydrogen-bond acceptors (Lipinski definition) is 3. The normalized spacial score (nSPS) is 10.4. The minimum Gasteiger partial charge on any atom is -0.467 e. The van der Waals surface area contributed by atoms with Crippen LogP contribution in [0.4, 0.5) is 10.5 Å². The van der Waals surface area contributed by atoms with Crippen molar-refractivity contribution in [1.82, 2.24) is 9.88 Å². The van der Waals surface area contributed by atoms with Crippen molar-refractivity contribution in [2.24, 2.45) is 0 Å². The first-order valence-electron chi connectivity index (χ1n) is 7.75. The van der Waals surface area contributed by atoms with Gasteiger partial charge in [-0.15, -0.1) is 0 Å². The monoisotopic (exact) mass is 321 g/mol. The van der Waals surface area contributed by atoms with E-state index in [1.54, 1.807) is 17.4 Å². The highest BCUT2D eigenvalue weighted by molar-refractivity contribution is 5.89. The maximum Gasteiger partial charge on any atom is 0.322 e. The first-order valence-corrected chi connectivity index (χ1v) is 7.75. The fourth-order valence-corrected chi connectivity index (χ4v) is 2.32. The van der Waals surface area contributed by atoms with Crippen molar-refractivity contribution < 1.29 is 9.21 Å². The number of carbonyl (C=O) groups excluding carboxylic acids is 1. The quantitative estimate of drug-likeness (QED) is 0.765. The molecule has 0 saturated carbocycles. The van der Waals surface area contributed by atoms with E-state index in [2.05, 4.69) is 10.3 Å². The Morgan fingerprint density at radius 2 is 1.92 bits per heavy atom. The van der Waals surface area contributed by atoms with E-state index in [4.69, 9.17) is 4.42 Å². The van der Waals surface area contributed by atoms with Crippen molar-refractivity contribution in [3.05, 3.63) is 84.1 Å². The Bertz CT molecular complexity index is 768. The van der Waals surface area contributed by atoms with Crippen LogP contribution in [0.15, 0.2) is 71.5 Å². The number of rotatable bonds is 5. The number of benzene rings is 1. The average Bonchev–Trinajstić information content (AvgIpc) is 3.10. The maximum atomic E-state index is 12.7. The highest BCUT2D eigenvalue weighted by Gasteiger charge is 2.16. The average molecular weight is 321 g/mol. The third-order valence-electron chi connectivity index (χ3n) is 3.60. The summed E-state index contributed by atoms with van der Waals surface area (Å²) in [7, 11) is 0. The number of nitrogens with one attached hydrogen (secondary N) is 1. The second kappa shape index (κ2) is 7.46. The molecule has 0 unspecified atom stereocenters. The Kier molecular flexibility index (Phi) is 4.91. The van der Waals surface area contributed by atoms with Crippen LogP contribution >= 0.6 is 0 Å². The van der Waals surface area contributed by atoms with Crippen LogP contribution in [0.2, 0.25) is 0 Å². The number of nitrogens with zero attached hydrogens (tertiary/aromatic N) is 2. The summed E-state index contributed by atoms with van der Waals surface area (Å²) in [4.78, 5) is 18.6. The van der Waals surface area contributed by atoms with Gasteiger partial charge in [0.05, 0.1) is 25.0 Å². The van der Waals surface area contributed by atoms with E-state index in [9.17, 15) is 4.79 Å². The summed E-state index contributed by atoms with van der Waals surface area (Å²) in [5.74, 6) is 0.727. The SMILES string of the molecule is Cc1ccc(NC(=O)N(Cc2ccccn2)Cc2ccco2)cc1. The number of urea groups is 1. The van der Waals surface area contributed by atoms with Crippen LogP contribution in [0.3, 0.4) is 0 Å². The molecule has 0 spiro atoms. The second-order valence-corrected chi connectivity index (χ2v) is 5.55. The number of pyridine rings is 1. The van der Waals surface area contributed by atoms with E-state index >= 15 is 0 Å². The smallest absolute Gasteiger partial charge is 0.322 e. The molecule has 0 saturated heterocycles. The molecule has 1 aromatic carbocycles. The van der Waals surface area contributed by atoms with Crippen molar-refractivity contribution >= 4 is 11.7 Å². The molecule has 0 radical (unpaired) electrons. The minimum atomic E-state index is -0.194. The lowest BCUT2D eigenvalue weighted by molar-refractivity contribution is 0.200. The number of hydrogen-bond donors (Lipinski definition) is 1. The molecular formula is C19H19N3O2. The van der Waals surface area contributed by atoms with E-state index in [1.165, 1.54) is 0 Å². The van der Waals surface area contributed by atoms with Gasteiger partial charge in [-0.05, 0) is 43.3 Å². The second-order valence-electron chi connectivity index (χ2n) is 5.55. The lowest BCUT2D eigenvalue weighted by atomic mass is 10.2. The summed E-state index contributed by atoms with van der Waals surface area (Å²) < 4.78 is 5.38. The van der Waals surface area contributed by atoms with Gasteiger partial charge in [-0.3, -0.25) is 4.98 Å². The van der Waals surface area contributed by atoms with Crippen LogP contribution < -0.4 is 5.32 Å². The van der Waals surface area contributed by atoms with Crippen molar-refractivity contribution in [2.75, 3.05) is 5.32 Å². The van der Waals surface area contributed by atoms with Gasteiger partial charge in [-0.25, -0.2) is 4.79 Å². The fourth-order valence-electron chi connectivity index (χ4n) is 2.32. The summed E-state index contributed by atoms with van der Waals surface area (Å²) in [5, 5.41) is 2.92. The zero-order valence-corrected chi connectivity index (χ0v) is 13.5. The van der Waals surface area contributed by atoms with E-state index < -0.39 is 0 Å². The van der Waals surface area contributed by atoms with Gasteiger partial charge in [0, 0.05) is 11.9 Å². The summed E-state index contributed by atoms with van der Waals surface area (Å²) >= 11 is 0. The molecule has 2 aromatic heterocycles. The lowest BCUT2D eigenvalue weighted by Gasteiger charge is -2.22. The number of furan rings is 1. The molecule has 2 amide bonds. The highest BCUT2D eigenvalue weighted by atomic mass is 16.3. The zero-order valence-electron chi connectivity index (χ0n) is 13.5. The molecular weight excluding hydrogens is 302 g/mol. The molecule has 2 heterocycles. The van der Waals surface area contributed by atoms with Crippen molar-refractivity contribution in [3.63, 3.8) is 0 Å². The molecule has 0 aliphatic heterocycles. The number of aryl methyl sites for hydroxylation is 1. The van der Waals surface area contributed by atoms with Gasteiger partial charge in [-0.2, -0.15) is 0 Å². The molecule has 0 aliphatic carbocycles. The van der Waals surface area contributed by atoms with Crippen LogP contribution in [0, 0.1) is 6.92 Å². The van der Waals surface area contributed by atoms with Gasteiger partial charge in [0.2, 0.25) is 0 Å². The van der Waals surface area contributed by atoms with E-state index in [1.807, 2.05) is 61.5 Å². The van der Waals surface area contributed by atoms with Gasteiger partial charge < -0.3 is 14.6 Å². The Morgan fingerprint density at radius 3 is 2.58 bits per heavy atom. The Labute approximate surface area is 140 Å². The van der Waals surface area contributed by atoms with Crippen molar-refractivity contribution in [1.29, 1.82) is 0 Å². The zero-order chi connectivity index (χ0) is 16.8. The Hall–Kier alpha value is -3.08. The molecule has 0 aliphatic rings. The summed E-state index contributed by atoms with van der Waals surface area (Å²) in [6, 6.07) is 16.8. The fraction of sp³-hybridized carbons (Fsp3) is 0.158. The minimum absolute atomic E-state index is 0.194. The van der Waals surface area contributed by atoms with Crippen molar-refractivity contribution in [2.45, 2.75) is 20.0 Å². The molecule has 122 valence electrons. The summed E-state index contributed by atoms with van der Waals surface area (Å²) in [6.45, 7) is 2.79. The van der Waals surface area contributed by atoms with Gasteiger partial charge in [0.25, 0.3) is 0 Å². The van der Waals surface area contributed by atoms with Gasteiger partial charge >= 0.3 is 6.03 Å². The molecule has 3 aromatic rings. The third kappa shape index (κ3) is 4.23. The predicted molar refractivity (Wildman–Crippen MR) is 92.4 cm³/mol. The predicted octanol–water partition coefficient (Wildman–Crippen LogP) is 4.22. The molecule has 5 nitrogen and oxygen atoms in total. The molecule has 5 heteroatoms. The summed E-state index contributed by atoms with van der Waals surface area (Å²) in [6.07, 6.45) is 3.32. The first-order chi connectivity index (χ1) is 11.7. The van der Waals surface area contributed by atoms with E-state index in [0.29, 0.717) is 13.1 Å². The number of carbonyl (C=O) groups is 1. The van der Waals surface area contributed by atoms with Gasteiger partial charge in [0.1, 0.15) is 5.76 Å². The Balaban J connectivity index is 1.74. The third-order valence-corrected chi connectivity index (χ3v) is 3.60. The molecule has 0 bridgehead atoms. The number of anilines is 1. The molecule has 3 rings (SSSR count). The van der Waals surface area contributed by atoms with Crippen molar-refractivity contribution in [3.8, 4) is 0 Å². The van der Waals surface area contributed by atoms with Crippen LogP contribution in [-0.4, -0.2) is 15.9 Å². The van der Waals surface area contributed by atoms with Gasteiger partial charge in [0.15, 0.2) is 0 Å². The number of aromatic nitrogens is 1. The largest absolute Gasteiger partial charge is 0.467 e. The lowest BCUT2D eigenvalue weighted by Crippen LogP contribution is -2.34. The number of amides is 2. The Morgan fingerprint density at radius 1 is 1.08 bits per heavy atom. The van der Waals surface area contributed by atoms with Crippen LogP contribution in [0.25, 0.3) is 0 Å². The standard InChI is InChI=1S/C19H19N3O2/c1-15-7-9-16(10-8-15)21-19(23)22(14-18-6-4-12-24-18)13-17-5-2-3-11-20-17/h2-12H,13-14H2,1H3,(H,21,23). The molecule has 1 N–H and O–H groups in total. The van der Waals surface area contributed by atoms with Crippen LogP contribution in [0.1, 0.15) is 17.0 Å². The molecule has 0 atom stereocenters. The maximum absolute atomic E-state index is 12.7. The van der Waals surface area contributed by atoms with Crippen LogP contribution in [-0.2, 0) is 13.1 Å². The van der Waals surface area contributed by atoms with E-state index in [-0.39, 0.29) is 6.03 Å². The van der Waals surface area contributed by atoms with Gasteiger partial charge in [-0.1, -0.05) is 23.8 Å². The summed E-state index contributed by atoms with van der Waals surface area (Å²) in [5.41, 5.74) is 2.73. The topological polar surface area (TPSA) is 58.4 Å².